The summed E-state index contributed by atoms with van der Waals surface area (Å²) in [5, 5.41) is 2.75. The van der Waals surface area contributed by atoms with Gasteiger partial charge in [-0.2, -0.15) is 0 Å². The maximum absolute atomic E-state index is 12.8. The number of hydrogen-bond donors (Lipinski definition) is 1. The molecule has 0 atom stereocenters. The molecular weight excluding hydrogens is 448 g/mol. The van der Waals surface area contributed by atoms with E-state index in [1.807, 2.05) is 23.1 Å². The number of nitrogens with one attached hydrogen (secondary N) is 1. The highest BCUT2D eigenvalue weighted by molar-refractivity contribution is 6.05. The van der Waals surface area contributed by atoms with Crippen LogP contribution in [0.15, 0.2) is 23.2 Å². The molecule has 1 aliphatic carbocycles. The van der Waals surface area contributed by atoms with Crippen LogP contribution in [0.3, 0.4) is 0 Å². The van der Waals surface area contributed by atoms with Gasteiger partial charge in [-0.25, -0.2) is 4.99 Å². The smallest absolute Gasteiger partial charge is 0.325 e. The number of guanidine groups is 1. The summed E-state index contributed by atoms with van der Waals surface area (Å²) in [5.74, 6) is 0.864. The first-order chi connectivity index (χ1) is 15.5. The Morgan fingerprint density at radius 1 is 1.21 bits per heavy atom. The summed E-state index contributed by atoms with van der Waals surface area (Å²) < 4.78 is 10.7. The van der Waals surface area contributed by atoms with Crippen LogP contribution in [0.4, 0.5) is 5.69 Å². The summed E-state index contributed by atoms with van der Waals surface area (Å²) in [5.41, 5.74) is 1.83. The number of hydrogen-bond acceptors (Lipinski definition) is 7. The average molecular weight is 479 g/mol. The van der Waals surface area contributed by atoms with E-state index in [1.54, 1.807) is 4.90 Å². The third-order valence-electron chi connectivity index (χ3n) is 6.19. The number of rotatable bonds is 8. The molecule has 0 spiro atoms. The Bertz CT molecular complexity index is 916. The first-order valence-corrected chi connectivity index (χ1v) is 11.3. The molecule has 1 aromatic carbocycles. The van der Waals surface area contributed by atoms with Gasteiger partial charge in [0.25, 0.3) is 0 Å². The maximum Gasteiger partial charge on any atom is 0.325 e. The van der Waals surface area contributed by atoms with Crippen LogP contribution < -0.4 is 10.1 Å². The van der Waals surface area contributed by atoms with Crippen LogP contribution in [-0.2, 0) is 25.7 Å². The van der Waals surface area contributed by atoms with Gasteiger partial charge in [0.05, 0.1) is 19.4 Å². The molecule has 2 fully saturated rings. The van der Waals surface area contributed by atoms with E-state index in [2.05, 4.69) is 10.3 Å². The third kappa shape index (κ3) is 6.16. The molecule has 4 rings (SSSR count). The third-order valence-corrected chi connectivity index (χ3v) is 6.19. The number of aliphatic imine (C=N–C) groups is 1. The number of methoxy groups -OCH3 is 1. The van der Waals surface area contributed by atoms with Gasteiger partial charge >= 0.3 is 5.97 Å². The van der Waals surface area contributed by atoms with Crippen molar-refractivity contribution in [2.45, 2.75) is 57.5 Å². The lowest BCUT2D eigenvalue weighted by atomic mass is 9.94. The van der Waals surface area contributed by atoms with E-state index < -0.39 is 0 Å². The van der Waals surface area contributed by atoms with Crippen molar-refractivity contribution in [2.75, 3.05) is 26.8 Å². The Hall–Kier alpha value is -2.81. The van der Waals surface area contributed by atoms with Gasteiger partial charge in [0, 0.05) is 24.6 Å². The van der Waals surface area contributed by atoms with Crippen molar-refractivity contribution in [3.05, 3.63) is 23.8 Å². The van der Waals surface area contributed by atoms with Crippen molar-refractivity contribution in [1.82, 2.24) is 15.1 Å². The predicted octanol–water partition coefficient (Wildman–Crippen LogP) is 2.53. The number of ether oxygens (including phenoxy) is 2. The van der Waals surface area contributed by atoms with Crippen molar-refractivity contribution in [3.8, 4) is 5.75 Å². The fourth-order valence-corrected chi connectivity index (χ4v) is 4.50. The molecule has 2 aliphatic heterocycles. The number of esters is 1. The van der Waals surface area contributed by atoms with Gasteiger partial charge < -0.3 is 19.3 Å². The molecule has 10 heteroatoms. The summed E-state index contributed by atoms with van der Waals surface area (Å²) in [6.07, 6.45) is 6.13. The molecule has 1 N–H and O–H groups in total. The zero-order chi connectivity index (χ0) is 22.5. The fraction of sp³-hybridized carbons (Fsp3) is 0.565. The molecule has 1 saturated carbocycles. The lowest BCUT2D eigenvalue weighted by Crippen LogP contribution is -2.44. The molecule has 0 bridgehead atoms. The molecule has 0 radical (unpaired) electrons. The van der Waals surface area contributed by atoms with Crippen LogP contribution in [-0.4, -0.2) is 66.4 Å². The number of amides is 2. The molecule has 2 heterocycles. The summed E-state index contributed by atoms with van der Waals surface area (Å²) in [6, 6.07) is 5.79. The molecule has 3 aliphatic rings. The average Bonchev–Trinajstić information content (AvgIpc) is 3.17. The molecule has 33 heavy (non-hydrogen) atoms. The highest BCUT2D eigenvalue weighted by Crippen LogP contribution is 2.30. The van der Waals surface area contributed by atoms with E-state index in [4.69, 9.17) is 9.47 Å². The Kier molecular flexibility index (Phi) is 8.55. The standard InChI is InChI=1S/C23H30N4O5.ClH/c1-31-22(30)15-27(17-6-3-2-4-7-17)21(29)8-5-11-32-18-9-10-19-16(12-18)13-26-14-20(28)25-23(26)24-19;/h9-10,12,17H,2-8,11,13-15H2,1H3,(H,24,25,28);1H. The molecule has 1 aromatic rings. The lowest BCUT2D eigenvalue weighted by molar-refractivity contribution is -0.149. The quantitative estimate of drug-likeness (QED) is 0.455. The Balaban J connectivity index is 0.00000306. The second-order valence-electron chi connectivity index (χ2n) is 8.47. The second-order valence-corrected chi connectivity index (χ2v) is 8.47. The minimum atomic E-state index is -0.380. The summed E-state index contributed by atoms with van der Waals surface area (Å²) in [6.45, 7) is 1.34. The van der Waals surface area contributed by atoms with E-state index in [1.165, 1.54) is 13.5 Å². The summed E-state index contributed by atoms with van der Waals surface area (Å²) in [4.78, 5) is 44.3. The molecule has 2 amide bonds. The van der Waals surface area contributed by atoms with Gasteiger partial charge in [0.15, 0.2) is 0 Å². The van der Waals surface area contributed by atoms with Crippen LogP contribution in [0, 0.1) is 0 Å². The number of halogens is 1. The number of nitrogens with zero attached hydrogens (tertiary/aromatic N) is 3. The van der Waals surface area contributed by atoms with Crippen LogP contribution in [0.25, 0.3) is 0 Å². The van der Waals surface area contributed by atoms with Crippen molar-refractivity contribution in [3.63, 3.8) is 0 Å². The van der Waals surface area contributed by atoms with Gasteiger partial charge in [0.2, 0.25) is 17.8 Å². The minimum Gasteiger partial charge on any atom is -0.494 e. The van der Waals surface area contributed by atoms with Gasteiger partial charge in [-0.3, -0.25) is 19.7 Å². The number of carbonyl (C=O) groups excluding carboxylic acids is 3. The van der Waals surface area contributed by atoms with Gasteiger partial charge in [-0.05, 0) is 37.5 Å². The van der Waals surface area contributed by atoms with Crippen molar-refractivity contribution >= 4 is 41.8 Å². The predicted molar refractivity (Wildman–Crippen MR) is 125 cm³/mol. The van der Waals surface area contributed by atoms with Crippen molar-refractivity contribution in [2.24, 2.45) is 4.99 Å². The van der Waals surface area contributed by atoms with Crippen LogP contribution >= 0.6 is 12.4 Å². The van der Waals surface area contributed by atoms with Crippen LogP contribution in [0.5, 0.6) is 5.75 Å². The van der Waals surface area contributed by atoms with Crippen molar-refractivity contribution in [1.29, 1.82) is 0 Å². The summed E-state index contributed by atoms with van der Waals surface area (Å²) >= 11 is 0. The van der Waals surface area contributed by atoms with E-state index >= 15 is 0 Å². The normalized spacial score (nSPS) is 17.2. The monoisotopic (exact) mass is 478 g/mol. The highest BCUT2D eigenvalue weighted by atomic mass is 35.5. The van der Waals surface area contributed by atoms with Crippen LogP contribution in [0.2, 0.25) is 0 Å². The van der Waals surface area contributed by atoms with Gasteiger partial charge in [0.1, 0.15) is 18.8 Å². The summed E-state index contributed by atoms with van der Waals surface area (Å²) in [7, 11) is 1.35. The zero-order valence-corrected chi connectivity index (χ0v) is 19.7. The Labute approximate surface area is 199 Å². The molecule has 1 saturated heterocycles. The number of fused-ring (bicyclic) bond motifs is 2. The van der Waals surface area contributed by atoms with E-state index in [0.717, 1.165) is 36.9 Å². The Morgan fingerprint density at radius 3 is 2.76 bits per heavy atom. The highest BCUT2D eigenvalue weighted by Gasteiger charge is 2.29. The number of carbonyl (C=O) groups is 3. The van der Waals surface area contributed by atoms with Gasteiger partial charge in [-0.1, -0.05) is 19.3 Å². The molecular formula is C23H31ClN4O5. The fourth-order valence-electron chi connectivity index (χ4n) is 4.50. The first kappa shape index (κ1) is 24.8. The molecule has 0 aromatic heterocycles. The Morgan fingerprint density at radius 2 is 2.00 bits per heavy atom. The van der Waals surface area contributed by atoms with Crippen molar-refractivity contribution < 1.29 is 23.9 Å². The van der Waals surface area contributed by atoms with E-state index in [9.17, 15) is 14.4 Å². The zero-order valence-electron chi connectivity index (χ0n) is 18.9. The maximum atomic E-state index is 12.8. The molecule has 0 unspecified atom stereocenters. The molecule has 9 nitrogen and oxygen atoms in total. The second kappa shape index (κ2) is 11.4. The van der Waals surface area contributed by atoms with E-state index in [0.29, 0.717) is 44.2 Å². The SMILES string of the molecule is COC(=O)CN(C(=O)CCCOc1ccc2c(c1)CN1CC(=O)NC1=N2)C1CCCCC1.Cl. The van der Waals surface area contributed by atoms with E-state index in [-0.39, 0.29) is 42.8 Å². The van der Waals surface area contributed by atoms with Gasteiger partial charge in [-0.15, -0.1) is 12.4 Å². The minimum absolute atomic E-state index is 0. The number of benzene rings is 1. The largest absolute Gasteiger partial charge is 0.494 e. The topological polar surface area (TPSA) is 101 Å². The van der Waals surface area contributed by atoms with Crippen LogP contribution in [0.1, 0.15) is 50.5 Å². The first-order valence-electron chi connectivity index (χ1n) is 11.3. The lowest BCUT2D eigenvalue weighted by Gasteiger charge is -2.33. The molecule has 180 valence electrons.